The summed E-state index contributed by atoms with van der Waals surface area (Å²) in [5.74, 6) is -0.244. The summed E-state index contributed by atoms with van der Waals surface area (Å²) in [5.41, 5.74) is 0.668. The number of methoxy groups -OCH3 is 1. The van der Waals surface area contributed by atoms with Crippen LogP contribution in [0.2, 0.25) is 0 Å². The molecule has 1 rings (SSSR count). The molecule has 0 unspecified atom stereocenters. The third kappa shape index (κ3) is 2.43. The fraction of sp³-hybridized carbons (Fsp3) is 0.222. The molecule has 3 nitrogen and oxygen atoms in total. The highest BCUT2D eigenvalue weighted by molar-refractivity contribution is 5.47. The monoisotopic (exact) mass is 182 g/mol. The van der Waals surface area contributed by atoms with Gasteiger partial charge >= 0.3 is 6.41 Å². The molecule has 4 heteroatoms. The lowest BCUT2D eigenvalue weighted by Gasteiger charge is -2.03. The zero-order valence-corrected chi connectivity index (χ0v) is 7.13. The molecule has 0 spiro atoms. The van der Waals surface area contributed by atoms with Crippen LogP contribution in [0.25, 0.3) is 0 Å². The first-order chi connectivity index (χ1) is 6.27. The van der Waals surface area contributed by atoms with Crippen molar-refractivity contribution in [1.82, 2.24) is 5.32 Å². The van der Waals surface area contributed by atoms with Crippen LogP contribution in [0.4, 0.5) is 4.39 Å². The first kappa shape index (κ1) is 9.51. The van der Waals surface area contributed by atoms with E-state index < -0.39 is 5.82 Å². The average molecular weight is 182 g/mol. The van der Waals surface area contributed by atoms with Gasteiger partial charge in [-0.05, 0) is 17.7 Å². The number of halogens is 1. The highest BCUT2D eigenvalue weighted by Gasteiger charge is 2.02. The van der Waals surface area contributed by atoms with Crippen LogP contribution < -0.4 is 10.1 Å². The zero-order valence-electron chi connectivity index (χ0n) is 7.13. The second-order valence-electron chi connectivity index (χ2n) is 2.42. The smallest absolute Gasteiger partial charge is 0.309 e. The molecule has 0 atom stereocenters. The summed E-state index contributed by atoms with van der Waals surface area (Å²) in [4.78, 5) is 9.83. The van der Waals surface area contributed by atoms with Gasteiger partial charge in [0.15, 0.2) is 11.6 Å². The molecular formula is C9H9FNO2. The Morgan fingerprint density at radius 1 is 1.62 bits per heavy atom. The molecule has 13 heavy (non-hydrogen) atoms. The van der Waals surface area contributed by atoms with E-state index in [0.29, 0.717) is 5.56 Å². The van der Waals surface area contributed by atoms with E-state index >= 15 is 0 Å². The molecule has 1 radical (unpaired) electrons. The van der Waals surface area contributed by atoms with E-state index in [2.05, 4.69) is 5.32 Å². The van der Waals surface area contributed by atoms with Crippen molar-refractivity contribution in [3.63, 3.8) is 0 Å². The zero-order chi connectivity index (χ0) is 9.68. The molecule has 0 heterocycles. The van der Waals surface area contributed by atoms with E-state index in [1.54, 1.807) is 6.07 Å². The fourth-order valence-electron chi connectivity index (χ4n) is 0.958. The van der Waals surface area contributed by atoms with Crippen molar-refractivity contribution >= 4 is 6.41 Å². The van der Waals surface area contributed by atoms with Crippen molar-refractivity contribution in [2.45, 2.75) is 6.54 Å². The van der Waals surface area contributed by atoms with Crippen LogP contribution >= 0.6 is 0 Å². The lowest BCUT2D eigenvalue weighted by Crippen LogP contribution is -2.09. The third-order valence-electron chi connectivity index (χ3n) is 1.58. The Bertz CT molecular complexity index is 302. The maximum Gasteiger partial charge on any atom is 0.309 e. The van der Waals surface area contributed by atoms with Gasteiger partial charge in [-0.2, -0.15) is 0 Å². The van der Waals surface area contributed by atoms with E-state index in [1.807, 2.05) is 0 Å². The fourth-order valence-corrected chi connectivity index (χ4v) is 0.958. The molecule has 0 aliphatic heterocycles. The number of carbonyl (C=O) groups excluding carboxylic acids is 1. The molecular weight excluding hydrogens is 173 g/mol. The molecule has 1 aromatic carbocycles. The van der Waals surface area contributed by atoms with E-state index in [1.165, 1.54) is 25.7 Å². The van der Waals surface area contributed by atoms with Crippen molar-refractivity contribution < 1.29 is 13.9 Å². The van der Waals surface area contributed by atoms with Gasteiger partial charge in [0.25, 0.3) is 0 Å². The van der Waals surface area contributed by atoms with Gasteiger partial charge in [-0.15, -0.1) is 0 Å². The predicted molar refractivity (Wildman–Crippen MR) is 45.5 cm³/mol. The van der Waals surface area contributed by atoms with Crippen LogP contribution in [0.15, 0.2) is 18.2 Å². The third-order valence-corrected chi connectivity index (χ3v) is 1.58. The summed E-state index contributed by atoms with van der Waals surface area (Å²) >= 11 is 0. The molecule has 1 N–H and O–H groups in total. The van der Waals surface area contributed by atoms with Crippen molar-refractivity contribution in [2.75, 3.05) is 7.11 Å². The maximum absolute atomic E-state index is 13.0. The van der Waals surface area contributed by atoms with Crippen molar-refractivity contribution in [2.24, 2.45) is 0 Å². The number of benzene rings is 1. The minimum atomic E-state index is -0.437. The molecule has 1 aromatic rings. The largest absolute Gasteiger partial charge is 0.494 e. The lowest BCUT2D eigenvalue weighted by atomic mass is 10.2. The Morgan fingerprint density at radius 2 is 2.38 bits per heavy atom. The predicted octanol–water partition coefficient (Wildman–Crippen LogP) is 0.991. The molecule has 0 fully saturated rings. The van der Waals surface area contributed by atoms with E-state index in [0.717, 1.165) is 0 Å². The summed E-state index contributed by atoms with van der Waals surface area (Å²) in [7, 11) is 1.40. The highest BCUT2D eigenvalue weighted by atomic mass is 19.1. The van der Waals surface area contributed by atoms with Crippen LogP contribution in [0, 0.1) is 5.82 Å². The van der Waals surface area contributed by atoms with Crippen LogP contribution in [0.5, 0.6) is 5.75 Å². The normalized spacial score (nSPS) is 9.38. The van der Waals surface area contributed by atoms with Crippen molar-refractivity contribution in [3.05, 3.63) is 29.6 Å². The molecule has 0 aromatic heterocycles. The van der Waals surface area contributed by atoms with Gasteiger partial charge in [0, 0.05) is 6.54 Å². The first-order valence-corrected chi connectivity index (χ1v) is 3.70. The SMILES string of the molecule is COc1ccc(CN[C]=O)cc1F. The maximum atomic E-state index is 13.0. The topological polar surface area (TPSA) is 38.3 Å². The minimum absolute atomic E-state index is 0.193. The second-order valence-corrected chi connectivity index (χ2v) is 2.42. The van der Waals surface area contributed by atoms with Gasteiger partial charge in [0.05, 0.1) is 7.11 Å². The average Bonchev–Trinajstić information content (AvgIpc) is 2.15. The Balaban J connectivity index is 2.76. The molecule has 0 aliphatic carbocycles. The van der Waals surface area contributed by atoms with Gasteiger partial charge in [-0.3, -0.25) is 4.79 Å². The van der Waals surface area contributed by atoms with Crippen molar-refractivity contribution in [1.29, 1.82) is 0 Å². The number of ether oxygens (including phenoxy) is 1. The number of hydrogen-bond acceptors (Lipinski definition) is 2. The first-order valence-electron chi connectivity index (χ1n) is 3.70. The Labute approximate surface area is 75.5 Å². The molecule has 69 valence electrons. The molecule has 0 saturated heterocycles. The number of amides is 1. The van der Waals surface area contributed by atoms with Crippen LogP contribution in [-0.4, -0.2) is 13.5 Å². The summed E-state index contributed by atoms with van der Waals surface area (Å²) in [6.07, 6.45) is 1.51. The van der Waals surface area contributed by atoms with Gasteiger partial charge in [0.2, 0.25) is 0 Å². The number of rotatable bonds is 4. The van der Waals surface area contributed by atoms with E-state index in [-0.39, 0.29) is 12.3 Å². The van der Waals surface area contributed by atoms with Crippen molar-refractivity contribution in [3.8, 4) is 5.75 Å². The van der Waals surface area contributed by atoms with E-state index in [4.69, 9.17) is 4.74 Å². The number of nitrogens with one attached hydrogen (secondary N) is 1. The summed E-state index contributed by atoms with van der Waals surface area (Å²) in [5, 5.41) is 2.32. The van der Waals surface area contributed by atoms with E-state index in [9.17, 15) is 9.18 Å². The number of hydrogen-bond donors (Lipinski definition) is 1. The van der Waals surface area contributed by atoms with Crippen LogP contribution in [0.1, 0.15) is 5.56 Å². The van der Waals surface area contributed by atoms with Gasteiger partial charge < -0.3 is 10.1 Å². The second kappa shape index (κ2) is 4.45. The highest BCUT2D eigenvalue weighted by Crippen LogP contribution is 2.17. The van der Waals surface area contributed by atoms with Gasteiger partial charge in [-0.1, -0.05) is 6.07 Å². The quantitative estimate of drug-likeness (QED) is 0.705. The van der Waals surface area contributed by atoms with Gasteiger partial charge in [-0.25, -0.2) is 4.39 Å². The molecule has 0 aliphatic rings. The van der Waals surface area contributed by atoms with Crippen LogP contribution in [0.3, 0.4) is 0 Å². The summed E-state index contributed by atoms with van der Waals surface area (Å²) < 4.78 is 17.8. The Hall–Kier alpha value is -1.58. The lowest BCUT2D eigenvalue weighted by molar-refractivity contribution is 0.386. The molecule has 1 amide bonds. The molecule has 0 bridgehead atoms. The minimum Gasteiger partial charge on any atom is -0.494 e. The Morgan fingerprint density at radius 3 is 2.92 bits per heavy atom. The van der Waals surface area contributed by atoms with Crippen LogP contribution in [-0.2, 0) is 11.3 Å². The standard InChI is InChI=1S/C9H9FNO2/c1-13-9-3-2-7(4-8(9)10)5-11-6-12/h2-4H,5H2,1H3,(H,11,12). The summed E-state index contributed by atoms with van der Waals surface area (Å²) in [6, 6.07) is 4.49. The summed E-state index contributed by atoms with van der Waals surface area (Å²) in [6.45, 7) is 0.268. The Kier molecular flexibility index (Phi) is 3.25. The molecule has 0 saturated carbocycles. The van der Waals surface area contributed by atoms with Gasteiger partial charge in [0.1, 0.15) is 0 Å².